The number of carbonyl (C=O) groups is 1. The molecule has 19 nitrogen and oxygen atoms in total. The number of rotatable bonds is 67. The minimum absolute atomic E-state index is 0.250. The normalized spacial score (nSPS) is 26.6. The van der Waals surface area contributed by atoms with E-state index in [1.165, 1.54) is 289 Å². The van der Waals surface area contributed by atoms with Gasteiger partial charge in [-0.3, -0.25) is 4.79 Å². The molecule has 19 heteroatoms. The van der Waals surface area contributed by atoms with Crippen LogP contribution in [0.5, 0.6) is 0 Å². The number of amides is 1. The summed E-state index contributed by atoms with van der Waals surface area (Å²) in [5, 5.41) is 121. The predicted molar refractivity (Wildman–Crippen MR) is 393 cm³/mol. The van der Waals surface area contributed by atoms with Crippen LogP contribution in [0.3, 0.4) is 0 Å². The fraction of sp³-hybridized carbons (Fsp3) is 0.963. The number of ether oxygens (including phenoxy) is 6. The van der Waals surface area contributed by atoms with E-state index in [0.29, 0.717) is 6.42 Å². The molecule has 12 N–H and O–H groups in total. The second-order valence-corrected chi connectivity index (χ2v) is 30.0. The van der Waals surface area contributed by atoms with Crippen LogP contribution in [0.4, 0.5) is 0 Å². The standard InChI is InChI=1S/C80H153NO18/c1-3-5-7-9-11-13-15-17-19-21-22-23-24-25-26-27-28-29-30-31-32-33-34-35-36-37-38-39-40-42-44-46-48-50-52-54-56-58-68(86)81-63(64(85)57-55-53-51-49-47-45-43-41-20-18-16-14-12-10-8-6-4-2)62-94-78-74(92)71(89)76(66(60-83)96-78)99-80-75(93)72(90)77(67(61-84)97-80)98-79-73(91)70(88)69(87)65(59-82)95-79/h55,57,63-67,69-80,82-85,87-93H,3-54,56,58-62H2,1-2H3,(H,81,86)/b57-55+. The highest BCUT2D eigenvalue weighted by Crippen LogP contribution is 2.33. The van der Waals surface area contributed by atoms with E-state index in [-0.39, 0.29) is 18.9 Å². The number of aliphatic hydroxyl groups excluding tert-OH is 11. The lowest BCUT2D eigenvalue weighted by Crippen LogP contribution is -2.66. The first-order valence-electron chi connectivity index (χ1n) is 41.4. The first-order chi connectivity index (χ1) is 48.3. The second kappa shape index (κ2) is 61.7. The predicted octanol–water partition coefficient (Wildman–Crippen LogP) is 14.0. The topological polar surface area (TPSA) is 307 Å². The molecule has 3 heterocycles. The van der Waals surface area contributed by atoms with Gasteiger partial charge >= 0.3 is 0 Å². The second-order valence-electron chi connectivity index (χ2n) is 30.0. The average molecular weight is 1420 g/mol. The number of aliphatic hydroxyl groups is 11. The van der Waals surface area contributed by atoms with Crippen molar-refractivity contribution < 1.29 is 89.4 Å². The molecule has 1 amide bonds. The van der Waals surface area contributed by atoms with E-state index >= 15 is 0 Å². The summed E-state index contributed by atoms with van der Waals surface area (Å²) < 4.78 is 34.4. The van der Waals surface area contributed by atoms with Crippen LogP contribution < -0.4 is 5.32 Å². The summed E-state index contributed by atoms with van der Waals surface area (Å²) in [6, 6.07) is -0.969. The lowest BCUT2D eigenvalue weighted by molar-refractivity contribution is -0.379. The number of hydrogen-bond donors (Lipinski definition) is 12. The lowest BCUT2D eigenvalue weighted by Gasteiger charge is -2.48. The monoisotopic (exact) mass is 1420 g/mol. The molecule has 0 spiro atoms. The summed E-state index contributed by atoms with van der Waals surface area (Å²) in [6.45, 7) is 1.79. The molecule has 0 aromatic carbocycles. The van der Waals surface area contributed by atoms with E-state index in [1.54, 1.807) is 6.08 Å². The molecule has 0 radical (unpaired) electrons. The van der Waals surface area contributed by atoms with Crippen molar-refractivity contribution in [2.75, 3.05) is 26.4 Å². The highest BCUT2D eigenvalue weighted by molar-refractivity contribution is 5.76. The zero-order chi connectivity index (χ0) is 71.8. The molecule has 3 saturated heterocycles. The van der Waals surface area contributed by atoms with Gasteiger partial charge in [0.05, 0.1) is 38.6 Å². The first-order valence-corrected chi connectivity index (χ1v) is 41.4. The van der Waals surface area contributed by atoms with Gasteiger partial charge in [0.15, 0.2) is 18.9 Å². The smallest absolute Gasteiger partial charge is 0.220 e. The van der Waals surface area contributed by atoms with E-state index in [1.807, 2.05) is 6.08 Å². The number of hydrogen-bond acceptors (Lipinski definition) is 18. The van der Waals surface area contributed by atoms with E-state index in [2.05, 4.69) is 19.2 Å². The van der Waals surface area contributed by atoms with E-state index in [0.717, 1.165) is 44.9 Å². The molecule has 3 aliphatic heterocycles. The summed E-state index contributed by atoms with van der Waals surface area (Å²) in [7, 11) is 0. The van der Waals surface area contributed by atoms with Crippen molar-refractivity contribution in [3.05, 3.63) is 12.2 Å². The summed E-state index contributed by atoms with van der Waals surface area (Å²) in [5.74, 6) is -0.267. The number of carbonyl (C=O) groups excluding carboxylic acids is 1. The molecule has 0 aromatic heterocycles. The average Bonchev–Trinajstić information content (AvgIpc) is 0.784. The van der Waals surface area contributed by atoms with E-state index in [4.69, 9.17) is 28.4 Å². The van der Waals surface area contributed by atoms with Gasteiger partial charge in [-0.2, -0.15) is 0 Å². The van der Waals surface area contributed by atoms with Gasteiger partial charge in [0.2, 0.25) is 5.91 Å². The van der Waals surface area contributed by atoms with Gasteiger partial charge in [0.1, 0.15) is 73.2 Å². The van der Waals surface area contributed by atoms with Crippen molar-refractivity contribution in [1.82, 2.24) is 5.32 Å². The quantitative estimate of drug-likeness (QED) is 0.0199. The van der Waals surface area contributed by atoms with Crippen molar-refractivity contribution in [3.63, 3.8) is 0 Å². The van der Waals surface area contributed by atoms with Gasteiger partial charge in [-0.25, -0.2) is 0 Å². The van der Waals surface area contributed by atoms with E-state index in [9.17, 15) is 61.0 Å². The Morgan fingerprint density at radius 1 is 0.354 bits per heavy atom. The molecule has 0 aliphatic carbocycles. The van der Waals surface area contributed by atoms with Crippen LogP contribution in [0.2, 0.25) is 0 Å². The third-order valence-corrected chi connectivity index (χ3v) is 21.1. The summed E-state index contributed by atoms with van der Waals surface area (Å²) in [4.78, 5) is 13.5. The van der Waals surface area contributed by atoms with Gasteiger partial charge in [0, 0.05) is 6.42 Å². The molecule has 17 unspecified atom stereocenters. The zero-order valence-electron chi connectivity index (χ0n) is 62.8. The van der Waals surface area contributed by atoms with Gasteiger partial charge in [-0.15, -0.1) is 0 Å². The van der Waals surface area contributed by atoms with Crippen LogP contribution >= 0.6 is 0 Å². The molecule has 17 atom stereocenters. The van der Waals surface area contributed by atoms with Crippen molar-refractivity contribution in [2.45, 2.75) is 465 Å². The largest absolute Gasteiger partial charge is 0.394 e. The maximum atomic E-state index is 13.5. The Morgan fingerprint density at radius 3 is 0.949 bits per heavy atom. The van der Waals surface area contributed by atoms with Crippen LogP contribution in [0.25, 0.3) is 0 Å². The first kappa shape index (κ1) is 91.7. The number of unbranched alkanes of at least 4 members (excludes halogenated alkanes) is 51. The van der Waals surface area contributed by atoms with Crippen LogP contribution in [0.15, 0.2) is 12.2 Å². The Balaban J connectivity index is 1.30. The van der Waals surface area contributed by atoms with Crippen molar-refractivity contribution >= 4 is 5.91 Å². The van der Waals surface area contributed by atoms with Crippen molar-refractivity contribution in [3.8, 4) is 0 Å². The van der Waals surface area contributed by atoms with Crippen LogP contribution in [0.1, 0.15) is 361 Å². The number of allylic oxidation sites excluding steroid dienone is 1. The van der Waals surface area contributed by atoms with Gasteiger partial charge in [-0.05, 0) is 19.3 Å². The zero-order valence-corrected chi connectivity index (χ0v) is 62.8. The molecule has 3 rings (SSSR count). The van der Waals surface area contributed by atoms with Gasteiger partial charge in [-0.1, -0.05) is 347 Å². The minimum atomic E-state index is -1.98. The lowest BCUT2D eigenvalue weighted by atomic mass is 9.96. The fourth-order valence-electron chi connectivity index (χ4n) is 14.4. The minimum Gasteiger partial charge on any atom is -0.394 e. The SMILES string of the molecule is CCCCCCCCCCCCCCCCC/C=C/C(O)C(COC1OC(CO)C(OC2OC(CO)C(OC3OC(CO)C(O)C(O)C3O)C(O)C2O)C(O)C1O)NC(=O)CCCCCCCCCCCCCCCCCCCCCCCCCCCCCCCCCCCCCCC. The Kier molecular flexibility index (Phi) is 57.1. The van der Waals surface area contributed by atoms with Crippen LogP contribution in [0, 0.1) is 0 Å². The number of nitrogens with one attached hydrogen (secondary N) is 1. The van der Waals surface area contributed by atoms with Crippen LogP contribution in [-0.2, 0) is 33.2 Å². The Hall–Kier alpha value is -1.47. The fourth-order valence-corrected chi connectivity index (χ4v) is 14.4. The molecule has 3 aliphatic rings. The van der Waals surface area contributed by atoms with Gasteiger partial charge in [0.25, 0.3) is 0 Å². The maximum Gasteiger partial charge on any atom is 0.220 e. The highest BCUT2D eigenvalue weighted by Gasteiger charge is 2.54. The third kappa shape index (κ3) is 41.9. The summed E-state index contributed by atoms with van der Waals surface area (Å²) in [6.07, 6.45) is 46.6. The molecule has 586 valence electrons. The van der Waals surface area contributed by atoms with Gasteiger partial charge < -0.3 is 89.9 Å². The van der Waals surface area contributed by atoms with Crippen LogP contribution in [-0.4, -0.2) is 193 Å². The maximum absolute atomic E-state index is 13.5. The Labute approximate surface area is 601 Å². The van der Waals surface area contributed by atoms with Crippen molar-refractivity contribution in [2.24, 2.45) is 0 Å². The molecule has 99 heavy (non-hydrogen) atoms. The molecule has 0 saturated carbocycles. The molecule has 0 aromatic rings. The van der Waals surface area contributed by atoms with Crippen molar-refractivity contribution in [1.29, 1.82) is 0 Å². The highest BCUT2D eigenvalue weighted by atomic mass is 16.8. The third-order valence-electron chi connectivity index (χ3n) is 21.1. The Bertz CT molecular complexity index is 1840. The summed E-state index contributed by atoms with van der Waals surface area (Å²) in [5.41, 5.74) is 0. The summed E-state index contributed by atoms with van der Waals surface area (Å²) >= 11 is 0. The molecular weight excluding hydrogens is 1260 g/mol. The molecule has 3 fully saturated rings. The molecule has 0 bridgehead atoms. The molecular formula is C80H153NO18. The Morgan fingerprint density at radius 2 is 0.626 bits per heavy atom. The van der Waals surface area contributed by atoms with E-state index < -0.39 is 124 Å².